The van der Waals surface area contributed by atoms with Crippen LogP contribution in [-0.2, 0) is 9.59 Å². The number of piperidine rings is 1. The molecule has 5 heteroatoms. The normalized spacial score (nSPS) is 33.3. The molecule has 2 atom stereocenters. The summed E-state index contributed by atoms with van der Waals surface area (Å²) in [6.07, 6.45) is 4.00. The van der Waals surface area contributed by atoms with Gasteiger partial charge in [0.1, 0.15) is 0 Å². The summed E-state index contributed by atoms with van der Waals surface area (Å²) >= 11 is 0. The van der Waals surface area contributed by atoms with Gasteiger partial charge < -0.3 is 15.7 Å². The van der Waals surface area contributed by atoms with Crippen LogP contribution in [-0.4, -0.2) is 36.1 Å². The molecule has 2 rings (SSSR count). The summed E-state index contributed by atoms with van der Waals surface area (Å²) in [4.78, 5) is 23.5. The zero-order chi connectivity index (χ0) is 13.2. The summed E-state index contributed by atoms with van der Waals surface area (Å²) in [7, 11) is 0. The second-order valence-electron chi connectivity index (χ2n) is 5.70. The van der Waals surface area contributed by atoms with Crippen LogP contribution < -0.4 is 10.6 Å². The molecule has 1 heterocycles. The van der Waals surface area contributed by atoms with Crippen LogP contribution in [0.4, 0.5) is 0 Å². The van der Waals surface area contributed by atoms with Crippen LogP contribution in [0.2, 0.25) is 0 Å². The van der Waals surface area contributed by atoms with Crippen molar-refractivity contribution in [2.75, 3.05) is 13.1 Å². The van der Waals surface area contributed by atoms with E-state index in [1.165, 1.54) is 0 Å². The van der Waals surface area contributed by atoms with Crippen LogP contribution in [0.15, 0.2) is 0 Å². The Balaban J connectivity index is 1.95. The maximum Gasteiger partial charge on any atom is 0.311 e. The van der Waals surface area contributed by atoms with E-state index in [0.717, 1.165) is 38.8 Å². The van der Waals surface area contributed by atoms with Gasteiger partial charge >= 0.3 is 5.97 Å². The third-order valence-corrected chi connectivity index (χ3v) is 4.47. The van der Waals surface area contributed by atoms with E-state index in [1.54, 1.807) is 6.92 Å². The largest absolute Gasteiger partial charge is 0.481 e. The molecule has 0 radical (unpaired) electrons. The van der Waals surface area contributed by atoms with Crippen molar-refractivity contribution in [1.29, 1.82) is 0 Å². The number of carbonyl (C=O) groups is 2. The van der Waals surface area contributed by atoms with Gasteiger partial charge in [-0.3, -0.25) is 9.59 Å². The molecule has 1 saturated carbocycles. The van der Waals surface area contributed by atoms with Crippen LogP contribution in [0.3, 0.4) is 0 Å². The lowest BCUT2D eigenvalue weighted by Crippen LogP contribution is -2.49. The highest BCUT2D eigenvalue weighted by atomic mass is 16.4. The standard InChI is InChI=1S/C13H22N2O3/c1-13(12(17)18)6-2-3-10(13)15-11(16)9-4-7-14-8-5-9/h9-10,14H,2-8H2,1H3,(H,15,16)(H,17,18). The highest BCUT2D eigenvalue weighted by molar-refractivity contribution is 5.81. The van der Waals surface area contributed by atoms with E-state index >= 15 is 0 Å². The highest BCUT2D eigenvalue weighted by Crippen LogP contribution is 2.38. The van der Waals surface area contributed by atoms with Crippen LogP contribution in [0, 0.1) is 11.3 Å². The Morgan fingerprint density at radius 2 is 1.94 bits per heavy atom. The minimum atomic E-state index is -0.796. The molecule has 0 bridgehead atoms. The molecule has 1 aliphatic carbocycles. The van der Waals surface area contributed by atoms with E-state index < -0.39 is 11.4 Å². The molecule has 5 nitrogen and oxygen atoms in total. The van der Waals surface area contributed by atoms with Crippen LogP contribution in [0.25, 0.3) is 0 Å². The first-order valence-corrected chi connectivity index (χ1v) is 6.78. The maximum atomic E-state index is 12.1. The van der Waals surface area contributed by atoms with Crippen LogP contribution >= 0.6 is 0 Å². The number of hydrogen-bond acceptors (Lipinski definition) is 3. The van der Waals surface area contributed by atoms with E-state index in [1.807, 2.05) is 0 Å². The molecule has 3 N–H and O–H groups in total. The summed E-state index contributed by atoms with van der Waals surface area (Å²) in [6, 6.07) is -0.211. The zero-order valence-electron chi connectivity index (χ0n) is 10.9. The molecular weight excluding hydrogens is 232 g/mol. The van der Waals surface area contributed by atoms with E-state index in [9.17, 15) is 14.7 Å². The second-order valence-corrected chi connectivity index (χ2v) is 5.70. The van der Waals surface area contributed by atoms with E-state index in [0.29, 0.717) is 6.42 Å². The fraction of sp³-hybridized carbons (Fsp3) is 0.846. The van der Waals surface area contributed by atoms with Crippen molar-refractivity contribution in [1.82, 2.24) is 10.6 Å². The molecule has 0 aromatic carbocycles. The lowest BCUT2D eigenvalue weighted by atomic mass is 9.84. The topological polar surface area (TPSA) is 78.4 Å². The van der Waals surface area contributed by atoms with Crippen molar-refractivity contribution in [2.45, 2.75) is 45.1 Å². The van der Waals surface area contributed by atoms with Gasteiger partial charge in [-0.05, 0) is 45.7 Å². The summed E-state index contributed by atoms with van der Waals surface area (Å²) in [6.45, 7) is 3.49. The molecule has 1 aliphatic heterocycles. The van der Waals surface area contributed by atoms with Crippen molar-refractivity contribution < 1.29 is 14.7 Å². The van der Waals surface area contributed by atoms with Gasteiger partial charge in [0.05, 0.1) is 5.41 Å². The molecule has 2 aliphatic rings. The minimum Gasteiger partial charge on any atom is -0.481 e. The summed E-state index contributed by atoms with van der Waals surface area (Å²) in [5.41, 5.74) is -0.789. The van der Waals surface area contributed by atoms with Gasteiger partial charge in [-0.2, -0.15) is 0 Å². The van der Waals surface area contributed by atoms with Crippen molar-refractivity contribution in [2.24, 2.45) is 11.3 Å². The van der Waals surface area contributed by atoms with Crippen molar-refractivity contribution >= 4 is 11.9 Å². The number of carboxylic acids is 1. The van der Waals surface area contributed by atoms with Crippen molar-refractivity contribution in [3.63, 3.8) is 0 Å². The quantitative estimate of drug-likeness (QED) is 0.694. The Morgan fingerprint density at radius 3 is 2.56 bits per heavy atom. The third kappa shape index (κ3) is 2.51. The lowest BCUT2D eigenvalue weighted by Gasteiger charge is -2.30. The van der Waals surface area contributed by atoms with Gasteiger partial charge in [-0.1, -0.05) is 6.42 Å². The molecule has 2 fully saturated rings. The maximum absolute atomic E-state index is 12.1. The number of amides is 1. The lowest BCUT2D eigenvalue weighted by molar-refractivity contribution is -0.149. The molecular formula is C13H22N2O3. The number of carbonyl (C=O) groups excluding carboxylic acids is 1. The summed E-state index contributed by atoms with van der Waals surface area (Å²) in [5.74, 6) is -0.712. The van der Waals surface area contributed by atoms with Gasteiger partial charge in [0.2, 0.25) is 5.91 Å². The molecule has 1 amide bonds. The van der Waals surface area contributed by atoms with Gasteiger partial charge in [0.25, 0.3) is 0 Å². The Morgan fingerprint density at radius 1 is 1.28 bits per heavy atom. The number of hydrogen-bond donors (Lipinski definition) is 3. The Bertz CT molecular complexity index is 339. The fourth-order valence-corrected chi connectivity index (χ4v) is 3.03. The first-order chi connectivity index (χ1) is 8.54. The second kappa shape index (κ2) is 5.26. The number of carboxylic acid groups (broad SMARTS) is 1. The van der Waals surface area contributed by atoms with E-state index in [-0.39, 0.29) is 17.9 Å². The predicted octanol–water partition coefficient (Wildman–Crippen LogP) is 0.746. The molecule has 102 valence electrons. The Hall–Kier alpha value is -1.10. The van der Waals surface area contributed by atoms with Gasteiger partial charge in [0.15, 0.2) is 0 Å². The van der Waals surface area contributed by atoms with E-state index in [2.05, 4.69) is 10.6 Å². The number of aliphatic carboxylic acids is 1. The molecule has 0 aromatic heterocycles. The molecule has 2 unspecified atom stereocenters. The van der Waals surface area contributed by atoms with Crippen molar-refractivity contribution in [3.8, 4) is 0 Å². The number of rotatable bonds is 3. The van der Waals surface area contributed by atoms with Gasteiger partial charge in [-0.25, -0.2) is 0 Å². The summed E-state index contributed by atoms with van der Waals surface area (Å²) in [5, 5.41) is 15.5. The number of nitrogens with one attached hydrogen (secondary N) is 2. The molecule has 18 heavy (non-hydrogen) atoms. The van der Waals surface area contributed by atoms with Crippen molar-refractivity contribution in [3.05, 3.63) is 0 Å². The minimum absolute atomic E-state index is 0.0378. The average molecular weight is 254 g/mol. The highest BCUT2D eigenvalue weighted by Gasteiger charge is 2.46. The first-order valence-electron chi connectivity index (χ1n) is 6.78. The van der Waals surface area contributed by atoms with Gasteiger partial charge in [0, 0.05) is 12.0 Å². The van der Waals surface area contributed by atoms with Gasteiger partial charge in [-0.15, -0.1) is 0 Å². The SMILES string of the molecule is CC1(C(=O)O)CCCC1NC(=O)C1CCNCC1. The molecule has 1 saturated heterocycles. The van der Waals surface area contributed by atoms with Crippen LogP contribution in [0.1, 0.15) is 39.0 Å². The third-order valence-electron chi connectivity index (χ3n) is 4.47. The predicted molar refractivity (Wildman–Crippen MR) is 67.1 cm³/mol. The monoisotopic (exact) mass is 254 g/mol. The molecule has 0 aromatic rings. The first kappa shape index (κ1) is 13.3. The summed E-state index contributed by atoms with van der Waals surface area (Å²) < 4.78 is 0. The van der Waals surface area contributed by atoms with E-state index in [4.69, 9.17) is 0 Å². The molecule has 0 spiro atoms. The van der Waals surface area contributed by atoms with Crippen LogP contribution in [0.5, 0.6) is 0 Å². The average Bonchev–Trinajstić information content (AvgIpc) is 2.73. The Labute approximate surface area is 107 Å². The zero-order valence-corrected chi connectivity index (χ0v) is 10.9. The smallest absolute Gasteiger partial charge is 0.311 e. The Kier molecular flexibility index (Phi) is 3.90. The fourth-order valence-electron chi connectivity index (χ4n) is 3.03.